The van der Waals surface area contributed by atoms with E-state index in [4.69, 9.17) is 4.74 Å². The van der Waals surface area contributed by atoms with Gasteiger partial charge in [0, 0.05) is 10.2 Å². The smallest absolute Gasteiger partial charge is 0.338 e. The quantitative estimate of drug-likeness (QED) is 0.285. The standard InChI is InChI=1S/C32H29BrN2O5/c1-17-12-26(18(2)11-25(17)33)34-27(36)16-40-32(39)20-9-6-10-22(13-20)35-30(37)28-21-14-23(19-7-4-3-5-8-19)24(15-21)29(28)31(35)38/h3-13,21,23-24,28-29H,14-16H2,1-2H3,(H,34,36)/t21-,23-,24+,28+,29+/m0/s1. The van der Waals surface area contributed by atoms with Gasteiger partial charge in [-0.3, -0.25) is 19.3 Å². The van der Waals surface area contributed by atoms with E-state index in [0.717, 1.165) is 28.4 Å². The Kier molecular flexibility index (Phi) is 6.82. The van der Waals surface area contributed by atoms with Crippen molar-refractivity contribution in [2.75, 3.05) is 16.8 Å². The number of ether oxygens (including phenoxy) is 1. The summed E-state index contributed by atoms with van der Waals surface area (Å²) in [6.45, 7) is 3.33. The summed E-state index contributed by atoms with van der Waals surface area (Å²) in [5, 5.41) is 2.77. The molecule has 1 aliphatic heterocycles. The predicted octanol–water partition coefficient (Wildman–Crippen LogP) is 5.79. The summed E-state index contributed by atoms with van der Waals surface area (Å²) in [5.41, 5.74) is 4.24. The van der Waals surface area contributed by atoms with E-state index >= 15 is 0 Å². The molecule has 0 aromatic heterocycles. The number of rotatable bonds is 6. The zero-order chi connectivity index (χ0) is 28.1. The third kappa shape index (κ3) is 4.54. The SMILES string of the molecule is Cc1cc(NC(=O)COC(=O)c2cccc(N3C(=O)[C@@H]4[C@@H]5C[C@@H]([C@H]4C3=O)[C@H](c3ccccc3)C5)c2)c(C)cc1Br. The van der Waals surface area contributed by atoms with Gasteiger partial charge in [-0.05, 0) is 91.5 Å². The second-order valence-electron chi connectivity index (χ2n) is 11.1. The first kappa shape index (κ1) is 26.4. The minimum atomic E-state index is -0.704. The lowest BCUT2D eigenvalue weighted by Gasteiger charge is -2.28. The molecular weight excluding hydrogens is 572 g/mol. The van der Waals surface area contributed by atoms with Gasteiger partial charge in [0.2, 0.25) is 11.8 Å². The third-order valence-electron chi connectivity index (χ3n) is 8.70. The summed E-state index contributed by atoms with van der Waals surface area (Å²) >= 11 is 3.47. The molecule has 3 aliphatic rings. The number of aryl methyl sites for hydroxylation is 2. The summed E-state index contributed by atoms with van der Waals surface area (Å²) in [7, 11) is 0. The van der Waals surface area contributed by atoms with Crippen LogP contribution in [-0.4, -0.2) is 30.3 Å². The molecule has 0 radical (unpaired) electrons. The van der Waals surface area contributed by atoms with Gasteiger partial charge in [-0.25, -0.2) is 4.79 Å². The van der Waals surface area contributed by atoms with Gasteiger partial charge in [0.15, 0.2) is 6.61 Å². The van der Waals surface area contributed by atoms with Crippen molar-refractivity contribution in [3.8, 4) is 0 Å². The van der Waals surface area contributed by atoms with Gasteiger partial charge < -0.3 is 10.1 Å². The van der Waals surface area contributed by atoms with Gasteiger partial charge in [0.05, 0.1) is 23.1 Å². The van der Waals surface area contributed by atoms with Crippen LogP contribution in [-0.2, 0) is 19.1 Å². The first-order chi connectivity index (χ1) is 19.2. The van der Waals surface area contributed by atoms with E-state index in [9.17, 15) is 19.2 Å². The van der Waals surface area contributed by atoms with E-state index in [-0.39, 0.29) is 47.0 Å². The van der Waals surface area contributed by atoms with Crippen LogP contribution in [0, 0.1) is 37.5 Å². The number of imide groups is 1. The van der Waals surface area contributed by atoms with Crippen LogP contribution in [0.1, 0.15) is 45.8 Å². The van der Waals surface area contributed by atoms with Gasteiger partial charge >= 0.3 is 5.97 Å². The predicted molar refractivity (Wildman–Crippen MR) is 154 cm³/mol. The average molecular weight is 601 g/mol. The Morgan fingerprint density at radius 1 is 0.925 bits per heavy atom. The molecule has 5 atom stereocenters. The van der Waals surface area contributed by atoms with Crippen molar-refractivity contribution in [1.82, 2.24) is 0 Å². The highest BCUT2D eigenvalue weighted by atomic mass is 79.9. The Morgan fingerprint density at radius 2 is 1.68 bits per heavy atom. The van der Waals surface area contributed by atoms with Crippen molar-refractivity contribution < 1.29 is 23.9 Å². The minimum absolute atomic E-state index is 0.142. The number of esters is 1. The summed E-state index contributed by atoms with van der Waals surface area (Å²) < 4.78 is 6.20. The number of benzene rings is 3. The molecule has 7 nitrogen and oxygen atoms in total. The molecule has 8 heteroatoms. The number of hydrogen-bond acceptors (Lipinski definition) is 5. The molecule has 1 N–H and O–H groups in total. The second kappa shape index (κ2) is 10.3. The number of nitrogens with zero attached hydrogens (tertiary/aromatic N) is 1. The monoisotopic (exact) mass is 600 g/mol. The van der Waals surface area contributed by atoms with Crippen molar-refractivity contribution in [3.05, 3.63) is 93.5 Å². The molecule has 2 aliphatic carbocycles. The second-order valence-corrected chi connectivity index (χ2v) is 11.9. The molecule has 0 spiro atoms. The maximum absolute atomic E-state index is 13.6. The topological polar surface area (TPSA) is 92.8 Å². The molecule has 3 amide bonds. The van der Waals surface area contributed by atoms with E-state index in [1.807, 2.05) is 44.2 Å². The van der Waals surface area contributed by atoms with E-state index in [1.54, 1.807) is 18.2 Å². The molecule has 40 heavy (non-hydrogen) atoms. The van der Waals surface area contributed by atoms with Crippen LogP contribution < -0.4 is 10.2 Å². The fourth-order valence-corrected chi connectivity index (χ4v) is 7.34. The van der Waals surface area contributed by atoms with Crippen LogP contribution in [0.3, 0.4) is 0 Å². The fraction of sp³-hybridized carbons (Fsp3) is 0.312. The van der Waals surface area contributed by atoms with Gasteiger partial charge in [-0.2, -0.15) is 0 Å². The van der Waals surface area contributed by atoms with Gasteiger partial charge in [0.1, 0.15) is 0 Å². The van der Waals surface area contributed by atoms with Crippen molar-refractivity contribution in [2.24, 2.45) is 23.7 Å². The molecule has 0 unspecified atom stereocenters. The van der Waals surface area contributed by atoms with Crippen LogP contribution in [0.15, 0.2) is 71.2 Å². The number of anilines is 2. The first-order valence-corrected chi connectivity index (χ1v) is 14.3. The maximum Gasteiger partial charge on any atom is 0.338 e. The average Bonchev–Trinajstić information content (AvgIpc) is 3.62. The molecule has 2 saturated carbocycles. The van der Waals surface area contributed by atoms with E-state index in [2.05, 4.69) is 33.4 Å². The number of carbonyl (C=O) groups excluding carboxylic acids is 4. The molecule has 3 fully saturated rings. The fourth-order valence-electron chi connectivity index (χ4n) is 6.89. The Balaban J connectivity index is 1.13. The molecule has 2 bridgehead atoms. The molecule has 3 aromatic rings. The summed E-state index contributed by atoms with van der Waals surface area (Å²) in [6, 6.07) is 20.3. The Labute approximate surface area is 241 Å². The molecule has 1 heterocycles. The molecule has 204 valence electrons. The number of fused-ring (bicyclic) bond motifs is 5. The molecule has 6 rings (SSSR count). The molecule has 3 aromatic carbocycles. The minimum Gasteiger partial charge on any atom is -0.452 e. The number of hydrogen-bond donors (Lipinski definition) is 1. The van der Waals surface area contributed by atoms with Gasteiger partial charge in [-0.1, -0.05) is 52.3 Å². The molecule has 1 saturated heterocycles. The van der Waals surface area contributed by atoms with Crippen LogP contribution in [0.4, 0.5) is 11.4 Å². The summed E-state index contributed by atoms with van der Waals surface area (Å²) in [4.78, 5) is 53.7. The third-order valence-corrected chi connectivity index (χ3v) is 9.55. The van der Waals surface area contributed by atoms with Crippen LogP contribution in [0.2, 0.25) is 0 Å². The van der Waals surface area contributed by atoms with Crippen molar-refractivity contribution in [3.63, 3.8) is 0 Å². The normalized spacial score (nSPS) is 24.8. The highest BCUT2D eigenvalue weighted by Gasteiger charge is 2.64. The Morgan fingerprint density at radius 3 is 2.45 bits per heavy atom. The maximum atomic E-state index is 13.6. The van der Waals surface area contributed by atoms with Crippen LogP contribution in [0.25, 0.3) is 0 Å². The van der Waals surface area contributed by atoms with Crippen LogP contribution >= 0.6 is 15.9 Å². The van der Waals surface area contributed by atoms with Gasteiger partial charge in [-0.15, -0.1) is 0 Å². The number of carbonyl (C=O) groups is 4. The van der Waals surface area contributed by atoms with Crippen molar-refractivity contribution in [1.29, 1.82) is 0 Å². The summed E-state index contributed by atoms with van der Waals surface area (Å²) in [6.07, 6.45) is 1.81. The largest absolute Gasteiger partial charge is 0.452 e. The Bertz CT molecular complexity index is 1540. The lowest BCUT2D eigenvalue weighted by molar-refractivity contribution is -0.123. The van der Waals surface area contributed by atoms with E-state index < -0.39 is 18.5 Å². The zero-order valence-corrected chi connectivity index (χ0v) is 23.8. The zero-order valence-electron chi connectivity index (χ0n) is 22.2. The van der Waals surface area contributed by atoms with E-state index in [0.29, 0.717) is 11.4 Å². The highest BCUT2D eigenvalue weighted by molar-refractivity contribution is 9.10. The number of halogens is 1. The molecular formula is C32H29BrN2O5. The Hall–Kier alpha value is -3.78. The van der Waals surface area contributed by atoms with Gasteiger partial charge in [0.25, 0.3) is 5.91 Å². The lowest BCUT2D eigenvalue weighted by Crippen LogP contribution is -2.33. The number of amides is 3. The van der Waals surface area contributed by atoms with E-state index in [1.165, 1.54) is 16.5 Å². The van der Waals surface area contributed by atoms with Crippen molar-refractivity contribution in [2.45, 2.75) is 32.6 Å². The number of nitrogens with one attached hydrogen (secondary N) is 1. The summed E-state index contributed by atoms with van der Waals surface area (Å²) in [5.74, 6) is -1.56. The highest BCUT2D eigenvalue weighted by Crippen LogP contribution is 2.61. The first-order valence-electron chi connectivity index (χ1n) is 13.5. The van der Waals surface area contributed by atoms with Crippen LogP contribution in [0.5, 0.6) is 0 Å². The lowest BCUT2D eigenvalue weighted by atomic mass is 9.73. The van der Waals surface area contributed by atoms with Crippen molar-refractivity contribution >= 4 is 51.0 Å².